The Morgan fingerprint density at radius 3 is 2.50 bits per heavy atom. The Bertz CT molecular complexity index is 625. The van der Waals surface area contributed by atoms with E-state index in [2.05, 4.69) is 0 Å². The first-order chi connectivity index (χ1) is 8.63. The summed E-state index contributed by atoms with van der Waals surface area (Å²) >= 11 is 6.03. The number of halogens is 1. The lowest BCUT2D eigenvalue weighted by Crippen LogP contribution is -1.94. The van der Waals surface area contributed by atoms with Crippen LogP contribution in [0.15, 0.2) is 42.5 Å². The van der Waals surface area contributed by atoms with Crippen molar-refractivity contribution in [1.29, 1.82) is 0 Å². The zero-order valence-electron chi connectivity index (χ0n) is 9.17. The molecule has 2 aromatic carbocycles. The lowest BCUT2D eigenvalue weighted by molar-refractivity contribution is -0.385. The van der Waals surface area contributed by atoms with Crippen molar-refractivity contribution in [2.24, 2.45) is 0 Å². The molecule has 0 bridgehead atoms. The standard InChI is InChI=1S/C13H8ClNO3/c14-12-4-2-1-3-11(12)9-5-6-13(15(17)18)10(7-9)8-16/h1-8H. The molecule has 0 heterocycles. The molecule has 0 spiro atoms. The van der Waals surface area contributed by atoms with Crippen molar-refractivity contribution >= 4 is 23.6 Å². The molecule has 0 radical (unpaired) electrons. The normalized spacial score (nSPS) is 10.1. The molecule has 0 aliphatic rings. The third-order valence-electron chi connectivity index (χ3n) is 2.54. The highest BCUT2D eigenvalue weighted by atomic mass is 35.5. The highest BCUT2D eigenvalue weighted by Crippen LogP contribution is 2.30. The molecule has 0 aliphatic heterocycles. The van der Waals surface area contributed by atoms with Gasteiger partial charge in [0.15, 0.2) is 6.29 Å². The van der Waals surface area contributed by atoms with E-state index in [1.807, 2.05) is 6.07 Å². The van der Waals surface area contributed by atoms with Crippen molar-refractivity contribution in [2.45, 2.75) is 0 Å². The van der Waals surface area contributed by atoms with Crippen molar-refractivity contribution in [3.8, 4) is 11.1 Å². The van der Waals surface area contributed by atoms with E-state index in [0.29, 0.717) is 16.9 Å². The molecule has 0 amide bonds. The van der Waals surface area contributed by atoms with Crippen LogP contribution in [0, 0.1) is 10.1 Å². The maximum atomic E-state index is 10.9. The summed E-state index contributed by atoms with van der Waals surface area (Å²) in [7, 11) is 0. The summed E-state index contributed by atoms with van der Waals surface area (Å²) in [5.74, 6) is 0. The number of hydrogen-bond donors (Lipinski definition) is 0. The van der Waals surface area contributed by atoms with Gasteiger partial charge in [0, 0.05) is 16.7 Å². The lowest BCUT2D eigenvalue weighted by atomic mass is 10.0. The fourth-order valence-electron chi connectivity index (χ4n) is 1.68. The van der Waals surface area contributed by atoms with E-state index >= 15 is 0 Å². The number of nitro benzene ring substituents is 1. The van der Waals surface area contributed by atoms with Gasteiger partial charge in [0.05, 0.1) is 10.5 Å². The van der Waals surface area contributed by atoms with E-state index in [1.54, 1.807) is 24.3 Å². The third kappa shape index (κ3) is 2.24. The van der Waals surface area contributed by atoms with Crippen LogP contribution >= 0.6 is 11.6 Å². The number of benzene rings is 2. The van der Waals surface area contributed by atoms with Crippen LogP contribution in [0.1, 0.15) is 10.4 Å². The molecule has 0 aromatic heterocycles. The third-order valence-corrected chi connectivity index (χ3v) is 2.87. The first-order valence-electron chi connectivity index (χ1n) is 5.12. The van der Waals surface area contributed by atoms with Crippen LogP contribution in [0.2, 0.25) is 5.02 Å². The van der Waals surface area contributed by atoms with Crippen LogP contribution in [-0.2, 0) is 0 Å². The van der Waals surface area contributed by atoms with Gasteiger partial charge in [-0.1, -0.05) is 29.8 Å². The Labute approximate surface area is 108 Å². The zero-order valence-corrected chi connectivity index (χ0v) is 9.92. The quantitative estimate of drug-likeness (QED) is 0.480. The smallest absolute Gasteiger partial charge is 0.279 e. The van der Waals surface area contributed by atoms with Crippen LogP contribution in [-0.4, -0.2) is 11.2 Å². The average Bonchev–Trinajstić information content (AvgIpc) is 2.38. The summed E-state index contributed by atoms with van der Waals surface area (Å²) in [6.45, 7) is 0. The Morgan fingerprint density at radius 1 is 1.17 bits per heavy atom. The number of nitrogens with zero attached hydrogens (tertiary/aromatic N) is 1. The molecule has 0 N–H and O–H groups in total. The van der Waals surface area contributed by atoms with Crippen LogP contribution in [0.3, 0.4) is 0 Å². The van der Waals surface area contributed by atoms with Gasteiger partial charge in [0.1, 0.15) is 0 Å². The Balaban J connectivity index is 2.58. The molecule has 18 heavy (non-hydrogen) atoms. The number of hydrogen-bond acceptors (Lipinski definition) is 3. The zero-order chi connectivity index (χ0) is 13.1. The van der Waals surface area contributed by atoms with E-state index < -0.39 is 4.92 Å². The second kappa shape index (κ2) is 4.98. The van der Waals surface area contributed by atoms with Crippen LogP contribution < -0.4 is 0 Å². The molecule has 5 heteroatoms. The number of aldehydes is 1. The van der Waals surface area contributed by atoms with Crippen molar-refractivity contribution < 1.29 is 9.72 Å². The van der Waals surface area contributed by atoms with Crippen LogP contribution in [0.5, 0.6) is 0 Å². The SMILES string of the molecule is O=Cc1cc(-c2ccccc2Cl)ccc1[N+](=O)[O-]. The van der Waals surface area contributed by atoms with Crippen LogP contribution in [0.4, 0.5) is 5.69 Å². The largest absolute Gasteiger partial charge is 0.298 e. The summed E-state index contributed by atoms with van der Waals surface area (Å²) in [6, 6.07) is 11.5. The van der Waals surface area contributed by atoms with Crippen molar-refractivity contribution in [3.63, 3.8) is 0 Å². The van der Waals surface area contributed by atoms with Crippen molar-refractivity contribution in [2.75, 3.05) is 0 Å². The Morgan fingerprint density at radius 2 is 1.89 bits per heavy atom. The summed E-state index contributed by atoms with van der Waals surface area (Å²) in [5.41, 5.74) is 1.24. The van der Waals surface area contributed by atoms with E-state index in [0.717, 1.165) is 5.56 Å². The molecule has 0 aliphatic carbocycles. The molecule has 4 nitrogen and oxygen atoms in total. The average molecular weight is 262 g/mol. The minimum Gasteiger partial charge on any atom is -0.298 e. The van der Waals surface area contributed by atoms with Gasteiger partial charge in [-0.2, -0.15) is 0 Å². The number of carbonyl (C=O) groups excluding carboxylic acids is 1. The fourth-order valence-corrected chi connectivity index (χ4v) is 1.92. The number of rotatable bonds is 3. The highest BCUT2D eigenvalue weighted by molar-refractivity contribution is 6.33. The van der Waals surface area contributed by atoms with Gasteiger partial charge < -0.3 is 0 Å². The van der Waals surface area contributed by atoms with E-state index in [-0.39, 0.29) is 11.3 Å². The van der Waals surface area contributed by atoms with Gasteiger partial charge in [0.2, 0.25) is 0 Å². The first-order valence-corrected chi connectivity index (χ1v) is 5.50. The Hall–Kier alpha value is -2.20. The monoisotopic (exact) mass is 261 g/mol. The first kappa shape index (κ1) is 12.3. The van der Waals surface area contributed by atoms with Crippen LogP contribution in [0.25, 0.3) is 11.1 Å². The lowest BCUT2D eigenvalue weighted by Gasteiger charge is -2.05. The molecular weight excluding hydrogens is 254 g/mol. The van der Waals surface area contributed by atoms with Gasteiger partial charge in [-0.05, 0) is 23.8 Å². The van der Waals surface area contributed by atoms with Gasteiger partial charge in [-0.15, -0.1) is 0 Å². The second-order valence-corrected chi connectivity index (χ2v) is 4.04. The summed E-state index contributed by atoms with van der Waals surface area (Å²) in [5, 5.41) is 11.2. The Kier molecular flexibility index (Phi) is 3.39. The summed E-state index contributed by atoms with van der Waals surface area (Å²) in [6.07, 6.45) is 0.471. The number of carbonyl (C=O) groups is 1. The summed E-state index contributed by atoms with van der Waals surface area (Å²) < 4.78 is 0. The van der Waals surface area contributed by atoms with E-state index in [1.165, 1.54) is 12.1 Å². The topological polar surface area (TPSA) is 60.2 Å². The minimum atomic E-state index is -0.583. The molecule has 0 unspecified atom stereocenters. The molecule has 0 saturated heterocycles. The van der Waals surface area contributed by atoms with Crippen molar-refractivity contribution in [1.82, 2.24) is 0 Å². The maximum Gasteiger partial charge on any atom is 0.279 e. The molecule has 90 valence electrons. The van der Waals surface area contributed by atoms with Gasteiger partial charge >= 0.3 is 0 Å². The number of nitro groups is 1. The molecule has 0 atom stereocenters. The van der Waals surface area contributed by atoms with Gasteiger partial charge in [-0.25, -0.2) is 0 Å². The molecule has 2 rings (SSSR count). The molecule has 2 aromatic rings. The molecular formula is C13H8ClNO3. The van der Waals surface area contributed by atoms with Gasteiger partial charge in [-0.3, -0.25) is 14.9 Å². The maximum absolute atomic E-state index is 10.9. The molecule has 0 saturated carbocycles. The predicted octanol–water partition coefficient (Wildman–Crippen LogP) is 3.73. The summed E-state index contributed by atoms with van der Waals surface area (Å²) in [4.78, 5) is 21.0. The van der Waals surface area contributed by atoms with Gasteiger partial charge in [0.25, 0.3) is 5.69 Å². The predicted molar refractivity (Wildman–Crippen MR) is 68.9 cm³/mol. The molecule has 0 fully saturated rings. The fraction of sp³-hybridized carbons (Fsp3) is 0. The van der Waals surface area contributed by atoms with Crippen molar-refractivity contribution in [3.05, 3.63) is 63.2 Å². The minimum absolute atomic E-state index is 0.0393. The van der Waals surface area contributed by atoms with E-state index in [4.69, 9.17) is 11.6 Å². The van der Waals surface area contributed by atoms with E-state index in [9.17, 15) is 14.9 Å². The second-order valence-electron chi connectivity index (χ2n) is 3.63. The highest BCUT2D eigenvalue weighted by Gasteiger charge is 2.14.